The van der Waals surface area contributed by atoms with Crippen LogP contribution in [0.1, 0.15) is 17.5 Å². The van der Waals surface area contributed by atoms with E-state index in [0.29, 0.717) is 13.2 Å². The molecule has 0 amide bonds. The highest BCUT2D eigenvalue weighted by molar-refractivity contribution is 5.56. The smallest absolute Gasteiger partial charge is 0.231 e. The van der Waals surface area contributed by atoms with Crippen molar-refractivity contribution in [3.63, 3.8) is 0 Å². The SMILES string of the molecule is CO[C@@H]1C=C[C@@]23c4cc5c(cc4CO[C@]2(O)CN(C)[C@H]3C1)OCO5. The van der Waals surface area contributed by atoms with E-state index in [1.165, 1.54) is 0 Å². The van der Waals surface area contributed by atoms with Crippen molar-refractivity contribution in [2.45, 2.75) is 36.4 Å². The molecule has 6 heteroatoms. The summed E-state index contributed by atoms with van der Waals surface area (Å²) in [6.45, 7) is 1.07. The first-order chi connectivity index (χ1) is 11.6. The topological polar surface area (TPSA) is 60.4 Å². The molecule has 0 aromatic heterocycles. The zero-order valence-corrected chi connectivity index (χ0v) is 13.8. The third-order valence-corrected chi connectivity index (χ3v) is 6.01. The predicted octanol–water partition coefficient (Wildman–Crippen LogP) is 1.16. The van der Waals surface area contributed by atoms with Crippen LogP contribution in [0.5, 0.6) is 11.5 Å². The van der Waals surface area contributed by atoms with Crippen LogP contribution in [-0.2, 0) is 21.5 Å². The van der Waals surface area contributed by atoms with E-state index in [0.717, 1.165) is 29.0 Å². The van der Waals surface area contributed by atoms with Crippen molar-refractivity contribution in [3.05, 3.63) is 35.4 Å². The summed E-state index contributed by atoms with van der Waals surface area (Å²) >= 11 is 0. The molecule has 4 aliphatic rings. The van der Waals surface area contributed by atoms with Gasteiger partial charge in [0, 0.05) is 13.2 Å². The molecular weight excluding hydrogens is 310 g/mol. The number of methoxy groups -OCH3 is 1. The number of rotatable bonds is 1. The lowest BCUT2D eigenvalue weighted by Crippen LogP contribution is -2.59. The highest BCUT2D eigenvalue weighted by Crippen LogP contribution is 2.56. The van der Waals surface area contributed by atoms with Gasteiger partial charge >= 0.3 is 0 Å². The van der Waals surface area contributed by atoms with Crippen molar-refractivity contribution in [1.29, 1.82) is 0 Å². The number of hydrogen-bond donors (Lipinski definition) is 1. The lowest BCUT2D eigenvalue weighted by atomic mass is 9.64. The van der Waals surface area contributed by atoms with E-state index >= 15 is 0 Å². The number of aliphatic hydroxyl groups is 1. The van der Waals surface area contributed by atoms with E-state index in [2.05, 4.69) is 11.0 Å². The Balaban J connectivity index is 1.74. The molecule has 0 bridgehead atoms. The van der Waals surface area contributed by atoms with Crippen LogP contribution in [0.3, 0.4) is 0 Å². The van der Waals surface area contributed by atoms with Crippen molar-refractivity contribution < 1.29 is 24.1 Å². The van der Waals surface area contributed by atoms with Crippen molar-refractivity contribution >= 4 is 0 Å². The van der Waals surface area contributed by atoms with Gasteiger partial charge in [0.2, 0.25) is 6.79 Å². The maximum absolute atomic E-state index is 11.4. The van der Waals surface area contributed by atoms with Crippen molar-refractivity contribution in [3.8, 4) is 11.5 Å². The molecule has 0 saturated carbocycles. The Morgan fingerprint density at radius 3 is 2.88 bits per heavy atom. The quantitative estimate of drug-likeness (QED) is 0.780. The molecule has 1 aromatic carbocycles. The summed E-state index contributed by atoms with van der Waals surface area (Å²) in [5, 5.41) is 11.4. The van der Waals surface area contributed by atoms with Crippen molar-refractivity contribution in [2.75, 3.05) is 27.5 Å². The molecule has 0 radical (unpaired) electrons. The summed E-state index contributed by atoms with van der Waals surface area (Å²) in [5.41, 5.74) is 1.50. The average molecular weight is 331 g/mol. The Kier molecular flexibility index (Phi) is 2.90. The van der Waals surface area contributed by atoms with Gasteiger partial charge in [-0.25, -0.2) is 0 Å². The Morgan fingerprint density at radius 1 is 1.29 bits per heavy atom. The van der Waals surface area contributed by atoms with Crippen LogP contribution in [0.4, 0.5) is 0 Å². The molecule has 3 heterocycles. The molecule has 1 aromatic rings. The lowest BCUT2D eigenvalue weighted by molar-refractivity contribution is -0.236. The van der Waals surface area contributed by atoms with Gasteiger partial charge in [0.1, 0.15) is 0 Å². The summed E-state index contributed by atoms with van der Waals surface area (Å²) in [6.07, 6.45) is 4.98. The van der Waals surface area contributed by atoms with Crippen molar-refractivity contribution in [1.82, 2.24) is 4.90 Å². The maximum atomic E-state index is 11.4. The van der Waals surface area contributed by atoms with Crippen LogP contribution >= 0.6 is 0 Å². The minimum absolute atomic E-state index is 0.0461. The number of fused-ring (bicyclic) bond motifs is 2. The molecule has 6 nitrogen and oxygen atoms in total. The van der Waals surface area contributed by atoms with E-state index in [1.54, 1.807) is 7.11 Å². The minimum Gasteiger partial charge on any atom is -0.454 e. The molecule has 3 aliphatic heterocycles. The molecule has 1 aliphatic carbocycles. The van der Waals surface area contributed by atoms with Crippen LogP contribution in [0, 0.1) is 0 Å². The number of likely N-dealkylation sites (tertiary alicyclic amines) is 1. The van der Waals surface area contributed by atoms with Gasteiger partial charge in [-0.2, -0.15) is 0 Å². The number of hydrogen-bond acceptors (Lipinski definition) is 6. The van der Waals surface area contributed by atoms with Gasteiger partial charge in [-0.1, -0.05) is 12.2 Å². The van der Waals surface area contributed by atoms with E-state index in [1.807, 2.05) is 25.3 Å². The molecule has 1 fully saturated rings. The zero-order chi connectivity index (χ0) is 16.5. The molecule has 1 spiro atoms. The van der Waals surface area contributed by atoms with E-state index in [4.69, 9.17) is 18.9 Å². The highest BCUT2D eigenvalue weighted by Gasteiger charge is 2.66. The van der Waals surface area contributed by atoms with Crippen LogP contribution in [0.2, 0.25) is 0 Å². The average Bonchev–Trinajstić information content (AvgIpc) is 3.13. The zero-order valence-electron chi connectivity index (χ0n) is 13.8. The molecule has 0 unspecified atom stereocenters. The largest absolute Gasteiger partial charge is 0.454 e. The van der Waals surface area contributed by atoms with Crippen molar-refractivity contribution in [2.24, 2.45) is 0 Å². The fourth-order valence-electron chi connectivity index (χ4n) is 4.86. The second-order valence-electron chi connectivity index (χ2n) is 7.10. The highest BCUT2D eigenvalue weighted by atomic mass is 16.7. The first-order valence-electron chi connectivity index (χ1n) is 8.29. The van der Waals surface area contributed by atoms with E-state index in [9.17, 15) is 5.11 Å². The first-order valence-corrected chi connectivity index (χ1v) is 8.29. The number of β-amino-alcohol motifs (C(OH)–C–C–N with tert-alkyl or cyclic N) is 1. The molecular formula is C18H21NO5. The van der Waals surface area contributed by atoms with Gasteiger partial charge in [-0.05, 0) is 36.7 Å². The van der Waals surface area contributed by atoms with Gasteiger partial charge in [0.05, 0.1) is 24.7 Å². The second-order valence-corrected chi connectivity index (χ2v) is 7.10. The van der Waals surface area contributed by atoms with Gasteiger partial charge < -0.3 is 24.1 Å². The van der Waals surface area contributed by atoms with Gasteiger partial charge in [0.25, 0.3) is 0 Å². The number of benzene rings is 1. The van der Waals surface area contributed by atoms with Gasteiger partial charge in [-0.3, -0.25) is 4.90 Å². The molecule has 24 heavy (non-hydrogen) atoms. The molecule has 128 valence electrons. The predicted molar refractivity (Wildman–Crippen MR) is 85.0 cm³/mol. The summed E-state index contributed by atoms with van der Waals surface area (Å²) in [5.74, 6) is 0.238. The van der Waals surface area contributed by atoms with E-state index in [-0.39, 0.29) is 18.9 Å². The standard InChI is InChI=1S/C18H21NO5/c1-19-9-18(20)17(4-3-12(21-2)6-16(17)19)13-7-15-14(22-10-23-15)5-11(13)8-24-18/h3-5,7,12,16,20H,6,8-10H2,1-2H3/t12-,16+,17+,18-/m1/s1. The summed E-state index contributed by atoms with van der Waals surface area (Å²) in [7, 11) is 3.75. The Morgan fingerprint density at radius 2 is 2.08 bits per heavy atom. The van der Waals surface area contributed by atoms with E-state index < -0.39 is 11.2 Å². The maximum Gasteiger partial charge on any atom is 0.231 e. The normalized spacial score (nSPS) is 39.5. The Labute approximate surface area is 140 Å². The fourth-order valence-corrected chi connectivity index (χ4v) is 4.86. The molecule has 5 rings (SSSR count). The lowest BCUT2D eigenvalue weighted by Gasteiger charge is -2.49. The molecule has 1 saturated heterocycles. The first kappa shape index (κ1) is 14.7. The summed E-state index contributed by atoms with van der Waals surface area (Å²) < 4.78 is 22.6. The van der Waals surface area contributed by atoms with Crippen LogP contribution in [0.25, 0.3) is 0 Å². The van der Waals surface area contributed by atoms with Crippen LogP contribution in [-0.4, -0.2) is 55.4 Å². The Bertz CT molecular complexity index is 734. The monoisotopic (exact) mass is 331 g/mol. The van der Waals surface area contributed by atoms with Crippen LogP contribution < -0.4 is 9.47 Å². The fraction of sp³-hybridized carbons (Fsp3) is 0.556. The number of likely N-dealkylation sites (N-methyl/N-ethyl adjacent to an activating group) is 1. The molecule has 1 N–H and O–H groups in total. The summed E-state index contributed by atoms with van der Waals surface area (Å²) in [6, 6.07) is 4.10. The third kappa shape index (κ3) is 1.64. The third-order valence-electron chi connectivity index (χ3n) is 6.01. The molecule has 4 atom stereocenters. The summed E-state index contributed by atoms with van der Waals surface area (Å²) in [4.78, 5) is 2.18. The minimum atomic E-state index is -1.25. The Hall–Kier alpha value is -1.60. The number of ether oxygens (including phenoxy) is 4. The number of nitrogens with zero attached hydrogens (tertiary/aromatic N) is 1. The second kappa shape index (κ2) is 4.73. The van der Waals surface area contributed by atoms with Gasteiger partial charge in [-0.15, -0.1) is 0 Å². The van der Waals surface area contributed by atoms with Crippen LogP contribution in [0.15, 0.2) is 24.3 Å². The van der Waals surface area contributed by atoms with Gasteiger partial charge in [0.15, 0.2) is 17.3 Å².